The van der Waals surface area contributed by atoms with Crippen LogP contribution in [0.1, 0.15) is 31.0 Å². The van der Waals surface area contributed by atoms with Crippen molar-refractivity contribution in [1.29, 1.82) is 0 Å². The van der Waals surface area contributed by atoms with E-state index in [1.807, 2.05) is 74.5 Å². The number of thioether (sulfide) groups is 1. The van der Waals surface area contributed by atoms with Gasteiger partial charge >= 0.3 is 0 Å². The molecule has 1 fully saturated rings. The van der Waals surface area contributed by atoms with Crippen LogP contribution in [-0.4, -0.2) is 34.4 Å². The van der Waals surface area contributed by atoms with E-state index in [0.29, 0.717) is 11.6 Å². The van der Waals surface area contributed by atoms with Crippen LogP contribution >= 0.6 is 11.8 Å². The monoisotopic (exact) mass is 380 g/mol. The molecule has 5 heteroatoms. The molecule has 0 spiro atoms. The molecule has 1 atom stereocenters. The molecule has 0 aliphatic carbocycles. The van der Waals surface area contributed by atoms with E-state index in [1.54, 1.807) is 22.7 Å². The topological polar surface area (TPSA) is 49.4 Å². The Balaban J connectivity index is 1.82. The predicted molar refractivity (Wildman–Crippen MR) is 110 cm³/mol. The molecule has 1 heterocycles. The summed E-state index contributed by atoms with van der Waals surface area (Å²) in [7, 11) is 0. The van der Waals surface area contributed by atoms with Gasteiger partial charge in [-0.2, -0.15) is 0 Å². The number of carbonyl (C=O) groups excluding carboxylic acids is 2. The molecule has 4 nitrogen and oxygen atoms in total. The van der Waals surface area contributed by atoms with Crippen LogP contribution in [-0.2, 0) is 9.59 Å². The summed E-state index contributed by atoms with van der Waals surface area (Å²) in [4.78, 5) is 27.2. The number of benzene rings is 2. The summed E-state index contributed by atoms with van der Waals surface area (Å²) >= 11 is 1.61. The zero-order valence-corrected chi connectivity index (χ0v) is 16.4. The molecular weight excluding hydrogens is 356 g/mol. The second-order valence-corrected chi connectivity index (χ2v) is 7.81. The van der Waals surface area contributed by atoms with Gasteiger partial charge in [0.1, 0.15) is 6.04 Å². The minimum atomic E-state index is -0.451. The molecular formula is C22H24N2O2S. The van der Waals surface area contributed by atoms with Crippen LogP contribution in [0.4, 0.5) is 0 Å². The number of carbonyl (C=O) groups is 2. The lowest BCUT2D eigenvalue weighted by Gasteiger charge is -2.26. The summed E-state index contributed by atoms with van der Waals surface area (Å²) in [5, 5.41) is 3.16. The maximum absolute atomic E-state index is 13.1. The van der Waals surface area contributed by atoms with Crippen molar-refractivity contribution in [2.75, 3.05) is 11.6 Å². The zero-order valence-electron chi connectivity index (χ0n) is 15.6. The van der Waals surface area contributed by atoms with E-state index in [9.17, 15) is 9.59 Å². The first-order valence-electron chi connectivity index (χ1n) is 9.00. The second kappa shape index (κ2) is 8.91. The minimum Gasteiger partial charge on any atom is -0.343 e. The van der Waals surface area contributed by atoms with E-state index in [2.05, 4.69) is 5.32 Å². The van der Waals surface area contributed by atoms with Crippen molar-refractivity contribution < 1.29 is 9.59 Å². The number of hydrogen-bond donors (Lipinski definition) is 1. The average Bonchev–Trinajstić information content (AvgIpc) is 3.17. The van der Waals surface area contributed by atoms with Crippen LogP contribution in [0, 0.1) is 0 Å². The van der Waals surface area contributed by atoms with E-state index in [-0.39, 0.29) is 17.9 Å². The maximum atomic E-state index is 13.1. The molecule has 0 radical (unpaired) electrons. The molecule has 0 saturated carbocycles. The van der Waals surface area contributed by atoms with Crippen LogP contribution in [0.25, 0.3) is 0 Å². The fourth-order valence-electron chi connectivity index (χ4n) is 3.10. The first-order chi connectivity index (χ1) is 13.1. The van der Waals surface area contributed by atoms with Crippen molar-refractivity contribution in [3.63, 3.8) is 0 Å². The van der Waals surface area contributed by atoms with Gasteiger partial charge in [0, 0.05) is 11.8 Å². The smallest absolute Gasteiger partial charge is 0.247 e. The minimum absolute atomic E-state index is 0.101. The average molecular weight is 381 g/mol. The molecule has 0 bridgehead atoms. The highest BCUT2D eigenvalue weighted by molar-refractivity contribution is 7.99. The van der Waals surface area contributed by atoms with E-state index < -0.39 is 6.04 Å². The number of hydrogen-bond acceptors (Lipinski definition) is 3. The predicted octanol–water partition coefficient (Wildman–Crippen LogP) is 3.76. The summed E-state index contributed by atoms with van der Waals surface area (Å²) in [6.45, 7) is 3.77. The number of rotatable bonds is 5. The Morgan fingerprint density at radius 1 is 1.04 bits per heavy atom. The second-order valence-electron chi connectivity index (χ2n) is 6.81. The number of allylic oxidation sites excluding steroid dienone is 1. The molecule has 1 aliphatic heterocycles. The zero-order chi connectivity index (χ0) is 19.2. The number of nitrogens with one attached hydrogen (secondary N) is 1. The Hall–Kier alpha value is -2.53. The van der Waals surface area contributed by atoms with Crippen molar-refractivity contribution in [3.05, 3.63) is 83.4 Å². The van der Waals surface area contributed by atoms with Gasteiger partial charge < -0.3 is 10.2 Å². The summed E-state index contributed by atoms with van der Waals surface area (Å²) < 4.78 is 0. The van der Waals surface area contributed by atoms with Gasteiger partial charge in [0.2, 0.25) is 11.8 Å². The first kappa shape index (κ1) is 19.2. The SMILES string of the molecule is CC(C)=CC(=O)N1CSCC1C(=O)NC(c1ccccc1)c1ccccc1. The highest BCUT2D eigenvalue weighted by Crippen LogP contribution is 2.25. The molecule has 3 rings (SSSR count). The summed E-state index contributed by atoms with van der Waals surface area (Å²) in [5.74, 6) is 0.941. The van der Waals surface area contributed by atoms with Crippen molar-refractivity contribution in [2.24, 2.45) is 0 Å². The summed E-state index contributed by atoms with van der Waals surface area (Å²) in [6, 6.07) is 19.1. The quantitative estimate of drug-likeness (QED) is 0.804. The fraction of sp³-hybridized carbons (Fsp3) is 0.273. The largest absolute Gasteiger partial charge is 0.343 e. The highest BCUT2D eigenvalue weighted by atomic mass is 32.2. The number of nitrogens with zero attached hydrogens (tertiary/aromatic N) is 1. The van der Waals surface area contributed by atoms with E-state index in [0.717, 1.165) is 16.7 Å². The van der Waals surface area contributed by atoms with Crippen LogP contribution in [0.15, 0.2) is 72.3 Å². The van der Waals surface area contributed by atoms with Gasteiger partial charge in [0.25, 0.3) is 0 Å². The van der Waals surface area contributed by atoms with Crippen LogP contribution in [0.5, 0.6) is 0 Å². The molecule has 1 aliphatic rings. The lowest BCUT2D eigenvalue weighted by Crippen LogP contribution is -2.47. The van der Waals surface area contributed by atoms with Crippen LogP contribution < -0.4 is 5.32 Å². The maximum Gasteiger partial charge on any atom is 0.247 e. The Morgan fingerprint density at radius 3 is 2.11 bits per heavy atom. The Morgan fingerprint density at radius 2 is 1.59 bits per heavy atom. The molecule has 140 valence electrons. The highest BCUT2D eigenvalue weighted by Gasteiger charge is 2.35. The molecule has 2 aromatic carbocycles. The van der Waals surface area contributed by atoms with Crippen molar-refractivity contribution >= 4 is 23.6 Å². The molecule has 0 aromatic heterocycles. The van der Waals surface area contributed by atoms with E-state index in [1.165, 1.54) is 0 Å². The van der Waals surface area contributed by atoms with Gasteiger partial charge in [-0.3, -0.25) is 9.59 Å². The standard InChI is InChI=1S/C22H24N2O2S/c1-16(2)13-20(25)24-15-27-14-19(24)22(26)23-21(17-9-5-3-6-10-17)18-11-7-4-8-12-18/h3-13,19,21H,14-15H2,1-2H3,(H,23,26). The van der Waals surface area contributed by atoms with Crippen molar-refractivity contribution in [1.82, 2.24) is 10.2 Å². The van der Waals surface area contributed by atoms with Crippen molar-refractivity contribution in [2.45, 2.75) is 25.9 Å². The van der Waals surface area contributed by atoms with Crippen LogP contribution in [0.2, 0.25) is 0 Å². The Bertz CT molecular complexity index is 777. The Kier molecular flexibility index (Phi) is 6.35. The summed E-state index contributed by atoms with van der Waals surface area (Å²) in [6.07, 6.45) is 1.60. The third-order valence-corrected chi connectivity index (χ3v) is 5.44. The third kappa shape index (κ3) is 4.80. The third-order valence-electron chi connectivity index (χ3n) is 4.43. The van der Waals surface area contributed by atoms with E-state index >= 15 is 0 Å². The van der Waals surface area contributed by atoms with Gasteiger partial charge in [-0.1, -0.05) is 66.2 Å². The first-order valence-corrected chi connectivity index (χ1v) is 10.1. The molecule has 1 unspecified atom stereocenters. The normalized spacial score (nSPS) is 16.3. The Labute approximate surface area is 164 Å². The molecule has 1 saturated heterocycles. The van der Waals surface area contributed by atoms with Crippen molar-refractivity contribution in [3.8, 4) is 0 Å². The molecule has 2 aromatic rings. The lowest BCUT2D eigenvalue weighted by atomic mass is 9.98. The molecule has 2 amide bonds. The molecule has 27 heavy (non-hydrogen) atoms. The summed E-state index contributed by atoms with van der Waals surface area (Å²) in [5.41, 5.74) is 2.97. The molecule has 1 N–H and O–H groups in total. The van der Waals surface area contributed by atoms with Gasteiger partial charge in [-0.15, -0.1) is 11.8 Å². The van der Waals surface area contributed by atoms with E-state index in [4.69, 9.17) is 0 Å². The van der Waals surface area contributed by atoms with Crippen LogP contribution in [0.3, 0.4) is 0 Å². The lowest BCUT2D eigenvalue weighted by molar-refractivity contribution is -0.135. The van der Waals surface area contributed by atoms with Gasteiger partial charge in [0.15, 0.2) is 0 Å². The van der Waals surface area contributed by atoms with Gasteiger partial charge in [-0.05, 0) is 25.0 Å². The van der Waals surface area contributed by atoms with Gasteiger partial charge in [-0.25, -0.2) is 0 Å². The van der Waals surface area contributed by atoms with Gasteiger partial charge in [0.05, 0.1) is 11.9 Å². The number of amides is 2. The fourth-order valence-corrected chi connectivity index (χ4v) is 4.26.